The van der Waals surface area contributed by atoms with Crippen molar-refractivity contribution in [1.29, 1.82) is 0 Å². The number of hydrogen-bond donors (Lipinski definition) is 0. The van der Waals surface area contributed by atoms with Crippen molar-refractivity contribution in [3.8, 4) is 17.4 Å². The van der Waals surface area contributed by atoms with E-state index in [4.69, 9.17) is 21.1 Å². The van der Waals surface area contributed by atoms with Crippen molar-refractivity contribution >= 4 is 23.3 Å². The van der Waals surface area contributed by atoms with Gasteiger partial charge in [-0.15, -0.1) is 0 Å². The van der Waals surface area contributed by atoms with Crippen LogP contribution in [0.25, 0.3) is 0 Å². The van der Waals surface area contributed by atoms with Crippen LogP contribution in [0.2, 0.25) is 5.02 Å². The number of benzene rings is 2. The number of hydrogen-bond acceptors (Lipinski definition) is 6. The topological polar surface area (TPSA) is 67.8 Å². The lowest BCUT2D eigenvalue weighted by molar-refractivity contribution is 0.0746. The van der Waals surface area contributed by atoms with Gasteiger partial charge in [-0.05, 0) is 24.3 Å². The maximum Gasteiger partial charge on any atom is 0.255 e. The van der Waals surface area contributed by atoms with Crippen LogP contribution in [0, 0.1) is 0 Å². The van der Waals surface area contributed by atoms with Gasteiger partial charge in [0, 0.05) is 38.3 Å². The molecule has 2 aromatic carbocycles. The molecule has 0 atom stereocenters. The Labute approximate surface area is 179 Å². The van der Waals surface area contributed by atoms with Crippen LogP contribution in [0.1, 0.15) is 10.4 Å². The Morgan fingerprint density at radius 3 is 2.50 bits per heavy atom. The fraction of sp³-hybridized carbons (Fsp3) is 0.227. The fourth-order valence-electron chi connectivity index (χ4n) is 3.29. The summed E-state index contributed by atoms with van der Waals surface area (Å²) in [4.78, 5) is 25.2. The summed E-state index contributed by atoms with van der Waals surface area (Å²) in [5.74, 6) is 2.50. The molecule has 0 radical (unpaired) electrons. The third kappa shape index (κ3) is 4.46. The SMILES string of the molecule is COc1cccc(Oc2cc(N3CCN(C(=O)c4ccccc4Cl)CC3)ncn2)c1. The first-order valence-corrected chi connectivity index (χ1v) is 9.94. The number of methoxy groups -OCH3 is 1. The van der Waals surface area contributed by atoms with Crippen molar-refractivity contribution in [2.24, 2.45) is 0 Å². The molecule has 7 nitrogen and oxygen atoms in total. The van der Waals surface area contributed by atoms with Crippen LogP contribution in [0.4, 0.5) is 5.82 Å². The first-order valence-electron chi connectivity index (χ1n) is 9.57. The van der Waals surface area contributed by atoms with E-state index in [-0.39, 0.29) is 5.91 Å². The van der Waals surface area contributed by atoms with Crippen LogP contribution in [-0.2, 0) is 0 Å². The van der Waals surface area contributed by atoms with E-state index >= 15 is 0 Å². The molecule has 1 aliphatic rings. The van der Waals surface area contributed by atoms with Crippen LogP contribution in [0.15, 0.2) is 60.9 Å². The molecule has 3 aromatic rings. The van der Waals surface area contributed by atoms with Crippen LogP contribution in [-0.4, -0.2) is 54.1 Å². The summed E-state index contributed by atoms with van der Waals surface area (Å²) in [6, 6.07) is 16.2. The standard InChI is InChI=1S/C22H21ClN4O3/c1-29-16-5-4-6-17(13-16)30-21-14-20(24-15-25-21)26-9-11-27(12-10-26)22(28)18-7-2-3-8-19(18)23/h2-8,13-15H,9-12H2,1H3. The Morgan fingerprint density at radius 1 is 0.967 bits per heavy atom. The van der Waals surface area contributed by atoms with Crippen molar-refractivity contribution in [2.45, 2.75) is 0 Å². The van der Waals surface area contributed by atoms with Crippen LogP contribution >= 0.6 is 11.6 Å². The molecule has 1 fully saturated rings. The molecule has 1 aromatic heterocycles. The number of ether oxygens (including phenoxy) is 2. The molecular formula is C22H21ClN4O3. The Bertz CT molecular complexity index is 1040. The summed E-state index contributed by atoms with van der Waals surface area (Å²) >= 11 is 6.17. The quantitative estimate of drug-likeness (QED) is 0.619. The molecule has 1 amide bonds. The largest absolute Gasteiger partial charge is 0.497 e. The summed E-state index contributed by atoms with van der Waals surface area (Å²) in [6.45, 7) is 2.48. The number of carbonyl (C=O) groups excluding carboxylic acids is 1. The van der Waals surface area contributed by atoms with Crippen molar-refractivity contribution in [3.05, 3.63) is 71.5 Å². The summed E-state index contributed by atoms with van der Waals surface area (Å²) in [5.41, 5.74) is 0.531. The molecule has 0 aliphatic carbocycles. The molecule has 0 spiro atoms. The first-order chi connectivity index (χ1) is 14.6. The summed E-state index contributed by atoms with van der Waals surface area (Å²) in [5, 5.41) is 0.472. The van der Waals surface area contributed by atoms with E-state index in [1.165, 1.54) is 6.33 Å². The second-order valence-corrected chi connectivity index (χ2v) is 7.16. The lowest BCUT2D eigenvalue weighted by atomic mass is 10.2. The van der Waals surface area contributed by atoms with Gasteiger partial charge in [-0.3, -0.25) is 4.79 Å². The lowest BCUT2D eigenvalue weighted by Crippen LogP contribution is -2.49. The van der Waals surface area contributed by atoms with Crippen LogP contribution in [0.5, 0.6) is 17.4 Å². The Hall–Kier alpha value is -3.32. The van der Waals surface area contributed by atoms with Gasteiger partial charge in [-0.25, -0.2) is 9.97 Å². The normalized spacial score (nSPS) is 13.8. The maximum atomic E-state index is 12.7. The van der Waals surface area contributed by atoms with Gasteiger partial charge in [0.25, 0.3) is 5.91 Å². The number of aromatic nitrogens is 2. The van der Waals surface area contributed by atoms with Crippen molar-refractivity contribution in [1.82, 2.24) is 14.9 Å². The molecule has 30 heavy (non-hydrogen) atoms. The van der Waals surface area contributed by atoms with Crippen LogP contribution < -0.4 is 14.4 Å². The number of nitrogens with zero attached hydrogens (tertiary/aromatic N) is 4. The van der Waals surface area contributed by atoms with Crippen molar-refractivity contribution < 1.29 is 14.3 Å². The summed E-state index contributed by atoms with van der Waals surface area (Å²) < 4.78 is 11.1. The number of rotatable bonds is 5. The zero-order valence-corrected chi connectivity index (χ0v) is 17.2. The van der Waals surface area contributed by atoms with Crippen molar-refractivity contribution in [3.63, 3.8) is 0 Å². The number of carbonyl (C=O) groups is 1. The van der Waals surface area contributed by atoms with Gasteiger partial charge < -0.3 is 19.3 Å². The first kappa shape index (κ1) is 20.0. The summed E-state index contributed by atoms with van der Waals surface area (Å²) in [7, 11) is 1.61. The third-order valence-corrected chi connectivity index (χ3v) is 5.22. The second kappa shape index (κ2) is 9.00. The highest BCUT2D eigenvalue weighted by molar-refractivity contribution is 6.33. The van der Waals surface area contributed by atoms with E-state index in [1.807, 2.05) is 35.2 Å². The van der Waals surface area contributed by atoms with Gasteiger partial charge in [0.1, 0.15) is 23.6 Å². The minimum absolute atomic E-state index is 0.0509. The van der Waals surface area contributed by atoms with E-state index < -0.39 is 0 Å². The molecule has 0 unspecified atom stereocenters. The zero-order valence-electron chi connectivity index (χ0n) is 16.5. The zero-order chi connectivity index (χ0) is 20.9. The molecule has 154 valence electrons. The average molecular weight is 425 g/mol. The van der Waals surface area contributed by atoms with Gasteiger partial charge in [0.2, 0.25) is 5.88 Å². The van der Waals surface area contributed by atoms with E-state index in [9.17, 15) is 4.79 Å². The van der Waals surface area contributed by atoms with Gasteiger partial charge in [-0.1, -0.05) is 29.8 Å². The highest BCUT2D eigenvalue weighted by Gasteiger charge is 2.24. The number of piperazine rings is 1. The molecule has 0 saturated carbocycles. The second-order valence-electron chi connectivity index (χ2n) is 6.75. The molecule has 4 rings (SSSR count). The van der Waals surface area contributed by atoms with Gasteiger partial charge in [-0.2, -0.15) is 0 Å². The molecule has 0 N–H and O–H groups in total. The Morgan fingerprint density at radius 2 is 1.73 bits per heavy atom. The molecule has 0 bridgehead atoms. The molecule has 1 saturated heterocycles. The third-order valence-electron chi connectivity index (χ3n) is 4.89. The summed E-state index contributed by atoms with van der Waals surface area (Å²) in [6.07, 6.45) is 1.48. The van der Waals surface area contributed by atoms with Crippen molar-refractivity contribution in [2.75, 3.05) is 38.2 Å². The Kier molecular flexibility index (Phi) is 5.99. The average Bonchev–Trinajstić information content (AvgIpc) is 2.79. The molecule has 2 heterocycles. The smallest absolute Gasteiger partial charge is 0.255 e. The van der Waals surface area contributed by atoms with Crippen LogP contribution in [0.3, 0.4) is 0 Å². The minimum atomic E-state index is -0.0509. The van der Waals surface area contributed by atoms with E-state index in [0.717, 1.165) is 5.82 Å². The minimum Gasteiger partial charge on any atom is -0.497 e. The van der Waals surface area contributed by atoms with E-state index in [1.54, 1.807) is 31.4 Å². The van der Waals surface area contributed by atoms with E-state index in [2.05, 4.69) is 14.9 Å². The van der Waals surface area contributed by atoms with Gasteiger partial charge in [0.15, 0.2) is 0 Å². The van der Waals surface area contributed by atoms with Gasteiger partial charge >= 0.3 is 0 Å². The Balaban J connectivity index is 1.41. The number of halogens is 1. The molecule has 8 heteroatoms. The molecule has 1 aliphatic heterocycles. The number of amides is 1. The monoisotopic (exact) mass is 424 g/mol. The highest BCUT2D eigenvalue weighted by Crippen LogP contribution is 2.26. The number of anilines is 1. The predicted octanol–water partition coefficient (Wildman–Crippen LogP) is 3.89. The maximum absolute atomic E-state index is 12.7. The lowest BCUT2D eigenvalue weighted by Gasteiger charge is -2.35. The van der Waals surface area contributed by atoms with Gasteiger partial charge in [0.05, 0.1) is 17.7 Å². The fourth-order valence-corrected chi connectivity index (χ4v) is 3.50. The predicted molar refractivity (Wildman–Crippen MR) is 115 cm³/mol. The molecular weight excluding hydrogens is 404 g/mol. The van der Waals surface area contributed by atoms with E-state index in [0.29, 0.717) is 54.1 Å². The highest BCUT2D eigenvalue weighted by atomic mass is 35.5.